The van der Waals surface area contributed by atoms with Gasteiger partial charge in [0.15, 0.2) is 0 Å². The standard InChI is InChI=1S/C13H14N3O3/c1-13(2,3)19-12(17)15-10-6-4-5-9(7-10)11-14-8-18-16-11/h4-7H,1-3H3,(H,15,17). The highest BCUT2D eigenvalue weighted by molar-refractivity contribution is 5.85. The topological polar surface area (TPSA) is 77.2 Å². The largest absolute Gasteiger partial charge is 0.444 e. The number of nitrogens with zero attached hydrogens (tertiary/aromatic N) is 2. The van der Waals surface area contributed by atoms with Crippen LogP contribution in [0.1, 0.15) is 20.8 Å². The molecule has 19 heavy (non-hydrogen) atoms. The summed E-state index contributed by atoms with van der Waals surface area (Å²) in [6.07, 6.45) is 1.76. The molecule has 99 valence electrons. The fourth-order valence-corrected chi connectivity index (χ4v) is 1.42. The van der Waals surface area contributed by atoms with Crippen LogP contribution in [-0.2, 0) is 4.74 Å². The number of hydrogen-bond donors (Lipinski definition) is 1. The molecule has 0 spiro atoms. The maximum atomic E-state index is 11.6. The van der Waals surface area contributed by atoms with E-state index >= 15 is 0 Å². The van der Waals surface area contributed by atoms with E-state index in [0.717, 1.165) is 5.56 Å². The van der Waals surface area contributed by atoms with Gasteiger partial charge in [-0.25, -0.2) is 4.79 Å². The van der Waals surface area contributed by atoms with Crippen LogP contribution in [0.25, 0.3) is 11.4 Å². The summed E-state index contributed by atoms with van der Waals surface area (Å²) < 4.78 is 9.72. The van der Waals surface area contributed by atoms with Gasteiger partial charge in [-0.3, -0.25) is 5.32 Å². The molecule has 2 rings (SSSR count). The first kappa shape index (κ1) is 13.1. The molecule has 6 nitrogen and oxygen atoms in total. The number of ether oxygens (including phenoxy) is 1. The molecule has 0 saturated carbocycles. The van der Waals surface area contributed by atoms with E-state index in [1.807, 2.05) is 0 Å². The number of aromatic nitrogens is 2. The Labute approximate surface area is 110 Å². The average Bonchev–Trinajstić information content (AvgIpc) is 2.79. The number of amides is 1. The highest BCUT2D eigenvalue weighted by Crippen LogP contribution is 2.19. The van der Waals surface area contributed by atoms with Crippen molar-refractivity contribution in [2.75, 3.05) is 5.32 Å². The lowest BCUT2D eigenvalue weighted by atomic mass is 10.2. The Bertz CT molecular complexity index is 559. The van der Waals surface area contributed by atoms with Crippen LogP contribution in [0.3, 0.4) is 0 Å². The minimum absolute atomic E-state index is 0.410. The molecule has 0 atom stereocenters. The Morgan fingerprint density at radius 1 is 1.42 bits per heavy atom. The van der Waals surface area contributed by atoms with E-state index in [4.69, 9.17) is 4.74 Å². The Balaban J connectivity index is 2.10. The highest BCUT2D eigenvalue weighted by Gasteiger charge is 2.16. The van der Waals surface area contributed by atoms with Crippen LogP contribution in [0.4, 0.5) is 10.5 Å². The summed E-state index contributed by atoms with van der Waals surface area (Å²) in [5.74, 6) is 0.410. The minimum atomic E-state index is -0.537. The van der Waals surface area contributed by atoms with Gasteiger partial charge >= 0.3 is 12.5 Å². The molecule has 1 heterocycles. The van der Waals surface area contributed by atoms with Crippen LogP contribution in [0, 0.1) is 6.39 Å². The molecule has 1 aromatic carbocycles. The quantitative estimate of drug-likeness (QED) is 0.898. The molecule has 0 bridgehead atoms. The first-order valence-electron chi connectivity index (χ1n) is 5.74. The van der Waals surface area contributed by atoms with Crippen molar-refractivity contribution in [3.63, 3.8) is 0 Å². The molecule has 0 aliphatic carbocycles. The third-order valence-corrected chi connectivity index (χ3v) is 2.09. The van der Waals surface area contributed by atoms with E-state index in [0.29, 0.717) is 11.5 Å². The van der Waals surface area contributed by atoms with Gasteiger partial charge in [-0.05, 0) is 32.9 Å². The van der Waals surface area contributed by atoms with Crippen molar-refractivity contribution in [1.29, 1.82) is 0 Å². The zero-order valence-electron chi connectivity index (χ0n) is 10.9. The predicted molar refractivity (Wildman–Crippen MR) is 68.4 cm³/mol. The number of carbonyl (C=O) groups excluding carboxylic acids is 1. The van der Waals surface area contributed by atoms with Gasteiger partial charge in [0.1, 0.15) is 5.60 Å². The van der Waals surface area contributed by atoms with Crippen LogP contribution in [-0.4, -0.2) is 21.8 Å². The van der Waals surface area contributed by atoms with Crippen molar-refractivity contribution < 1.29 is 14.1 Å². The smallest absolute Gasteiger partial charge is 0.412 e. The molecular weight excluding hydrogens is 246 g/mol. The molecule has 6 heteroatoms. The summed E-state index contributed by atoms with van der Waals surface area (Å²) >= 11 is 0. The lowest BCUT2D eigenvalue weighted by molar-refractivity contribution is 0.0636. The predicted octanol–water partition coefficient (Wildman–Crippen LogP) is 2.88. The number of rotatable bonds is 2. The maximum Gasteiger partial charge on any atom is 0.412 e. The molecule has 0 aliphatic heterocycles. The number of nitrogens with one attached hydrogen (secondary N) is 1. The second-order valence-corrected chi connectivity index (χ2v) is 4.92. The van der Waals surface area contributed by atoms with E-state index in [2.05, 4.69) is 26.4 Å². The molecule has 0 saturated heterocycles. The fourth-order valence-electron chi connectivity index (χ4n) is 1.42. The van der Waals surface area contributed by atoms with E-state index in [1.54, 1.807) is 45.0 Å². The molecule has 1 amide bonds. The summed E-state index contributed by atoms with van der Waals surface area (Å²) in [5, 5.41) is 6.32. The van der Waals surface area contributed by atoms with Gasteiger partial charge < -0.3 is 9.26 Å². The van der Waals surface area contributed by atoms with Crippen molar-refractivity contribution >= 4 is 11.8 Å². The van der Waals surface area contributed by atoms with Gasteiger partial charge in [0.25, 0.3) is 0 Å². The average molecular weight is 260 g/mol. The van der Waals surface area contributed by atoms with Gasteiger partial charge in [-0.1, -0.05) is 17.3 Å². The van der Waals surface area contributed by atoms with Crippen molar-refractivity contribution in [3.8, 4) is 11.4 Å². The van der Waals surface area contributed by atoms with Crippen molar-refractivity contribution in [2.45, 2.75) is 26.4 Å². The molecule has 1 radical (unpaired) electrons. The maximum absolute atomic E-state index is 11.6. The zero-order chi connectivity index (χ0) is 13.9. The Morgan fingerprint density at radius 3 is 2.84 bits per heavy atom. The third kappa shape index (κ3) is 3.80. The van der Waals surface area contributed by atoms with Crippen molar-refractivity contribution in [1.82, 2.24) is 10.1 Å². The number of anilines is 1. The van der Waals surface area contributed by atoms with Crippen LogP contribution in [0.5, 0.6) is 0 Å². The minimum Gasteiger partial charge on any atom is -0.444 e. The molecule has 2 aromatic rings. The van der Waals surface area contributed by atoms with Crippen molar-refractivity contribution in [3.05, 3.63) is 30.7 Å². The lowest BCUT2D eigenvalue weighted by Gasteiger charge is -2.19. The van der Waals surface area contributed by atoms with Crippen LogP contribution in [0.15, 0.2) is 28.8 Å². The third-order valence-electron chi connectivity index (χ3n) is 2.09. The fraction of sp³-hybridized carbons (Fsp3) is 0.308. The normalized spacial score (nSPS) is 11.1. The zero-order valence-corrected chi connectivity index (χ0v) is 10.9. The Hall–Kier alpha value is -2.37. The Kier molecular flexibility index (Phi) is 3.50. The van der Waals surface area contributed by atoms with Gasteiger partial charge in [0, 0.05) is 11.3 Å². The van der Waals surface area contributed by atoms with Gasteiger partial charge in [0.05, 0.1) is 0 Å². The molecule has 0 unspecified atom stereocenters. The number of carbonyl (C=O) groups is 1. The van der Waals surface area contributed by atoms with Gasteiger partial charge in [0.2, 0.25) is 5.82 Å². The summed E-state index contributed by atoms with van der Waals surface area (Å²) in [6.45, 7) is 5.41. The summed E-state index contributed by atoms with van der Waals surface area (Å²) in [6, 6.07) is 7.05. The summed E-state index contributed by atoms with van der Waals surface area (Å²) in [4.78, 5) is 15.5. The molecule has 1 N–H and O–H groups in total. The van der Waals surface area contributed by atoms with Gasteiger partial charge in [-0.2, -0.15) is 4.98 Å². The van der Waals surface area contributed by atoms with E-state index < -0.39 is 11.7 Å². The second kappa shape index (κ2) is 5.09. The second-order valence-electron chi connectivity index (χ2n) is 4.92. The molecular formula is C13H14N3O3. The van der Waals surface area contributed by atoms with E-state index in [9.17, 15) is 4.79 Å². The first-order chi connectivity index (χ1) is 8.94. The molecule has 1 aromatic heterocycles. The van der Waals surface area contributed by atoms with Crippen molar-refractivity contribution in [2.24, 2.45) is 0 Å². The number of hydrogen-bond acceptors (Lipinski definition) is 5. The van der Waals surface area contributed by atoms with E-state index in [1.165, 1.54) is 0 Å². The van der Waals surface area contributed by atoms with Crippen LogP contribution in [0.2, 0.25) is 0 Å². The highest BCUT2D eigenvalue weighted by atomic mass is 16.6. The van der Waals surface area contributed by atoms with Crippen LogP contribution >= 0.6 is 0 Å². The molecule has 0 aliphatic rings. The number of benzene rings is 1. The first-order valence-corrected chi connectivity index (χ1v) is 5.74. The summed E-state index contributed by atoms with van der Waals surface area (Å²) in [5.41, 5.74) is 0.778. The SMILES string of the molecule is CC(C)(C)OC(=O)Nc1cccc(-c2n[c]on2)c1. The Morgan fingerprint density at radius 2 is 2.21 bits per heavy atom. The van der Waals surface area contributed by atoms with Crippen LogP contribution < -0.4 is 5.32 Å². The monoisotopic (exact) mass is 260 g/mol. The lowest BCUT2D eigenvalue weighted by Crippen LogP contribution is -2.27. The van der Waals surface area contributed by atoms with E-state index in [-0.39, 0.29) is 0 Å². The van der Waals surface area contributed by atoms with Gasteiger partial charge in [-0.15, -0.1) is 0 Å². The summed E-state index contributed by atoms with van der Waals surface area (Å²) in [7, 11) is 0. The molecule has 0 fully saturated rings.